The lowest BCUT2D eigenvalue weighted by Crippen LogP contribution is -2.31. The van der Waals surface area contributed by atoms with Gasteiger partial charge in [0.1, 0.15) is 6.04 Å². The molecule has 112 valence electrons. The smallest absolute Gasteiger partial charge is 0.329 e. The van der Waals surface area contributed by atoms with Gasteiger partial charge >= 0.3 is 5.97 Å². The zero-order valence-corrected chi connectivity index (χ0v) is 12.6. The zero-order chi connectivity index (χ0) is 15.1. The number of aromatic nitrogens is 1. The van der Waals surface area contributed by atoms with Crippen molar-refractivity contribution in [1.82, 2.24) is 4.57 Å². The van der Waals surface area contributed by atoms with Crippen molar-refractivity contribution in [2.24, 2.45) is 0 Å². The quantitative estimate of drug-likeness (QED) is 0.721. The molecule has 1 aromatic rings. The molecule has 0 saturated heterocycles. The van der Waals surface area contributed by atoms with Crippen molar-refractivity contribution < 1.29 is 14.3 Å². The number of esters is 1. The van der Waals surface area contributed by atoms with Crippen LogP contribution in [0.2, 0.25) is 0 Å². The van der Waals surface area contributed by atoms with Crippen molar-refractivity contribution in [3.05, 3.63) is 28.7 Å². The molecule has 0 saturated carbocycles. The summed E-state index contributed by atoms with van der Waals surface area (Å²) in [6, 6.07) is 2.64. The Morgan fingerprint density at radius 3 is 2.65 bits per heavy atom. The Balaban J connectivity index is 2.90. The van der Waals surface area contributed by atoms with Gasteiger partial charge in [0.15, 0.2) is 5.75 Å². The molecule has 0 aromatic carbocycles. The average molecular weight is 281 g/mol. The van der Waals surface area contributed by atoms with E-state index in [2.05, 4.69) is 0 Å². The minimum absolute atomic E-state index is 0.153. The van der Waals surface area contributed by atoms with Gasteiger partial charge in [-0.3, -0.25) is 9.36 Å². The number of hydrogen-bond donors (Lipinski definition) is 0. The third-order valence-electron chi connectivity index (χ3n) is 3.05. The second-order valence-electron chi connectivity index (χ2n) is 4.77. The standard InChI is InChI=1S/C15H23NO4/c1-5-10-19-13-8-7-9-16(14(13)17)12(4)15(18)20-11(3)6-2/h7-9,11-12H,5-6,10H2,1-4H3. The van der Waals surface area contributed by atoms with Gasteiger partial charge in [-0.1, -0.05) is 13.8 Å². The van der Waals surface area contributed by atoms with E-state index in [-0.39, 0.29) is 17.4 Å². The number of nitrogens with zero attached hydrogens (tertiary/aromatic N) is 1. The summed E-state index contributed by atoms with van der Waals surface area (Å²) in [5, 5.41) is 0. The normalized spacial score (nSPS) is 13.6. The minimum Gasteiger partial charge on any atom is -0.488 e. The molecule has 0 aliphatic carbocycles. The van der Waals surface area contributed by atoms with Crippen molar-refractivity contribution >= 4 is 5.97 Å². The molecule has 5 heteroatoms. The second kappa shape index (κ2) is 7.72. The van der Waals surface area contributed by atoms with Gasteiger partial charge in [-0.15, -0.1) is 0 Å². The molecular weight excluding hydrogens is 258 g/mol. The monoisotopic (exact) mass is 281 g/mol. The Morgan fingerprint density at radius 2 is 2.05 bits per heavy atom. The highest BCUT2D eigenvalue weighted by Crippen LogP contribution is 2.11. The Kier molecular flexibility index (Phi) is 6.28. The Labute approximate surface area is 119 Å². The van der Waals surface area contributed by atoms with E-state index in [1.54, 1.807) is 25.3 Å². The molecule has 5 nitrogen and oxygen atoms in total. The summed E-state index contributed by atoms with van der Waals surface area (Å²) in [5.74, 6) is -0.147. The van der Waals surface area contributed by atoms with Crippen molar-refractivity contribution in [3.63, 3.8) is 0 Å². The maximum absolute atomic E-state index is 12.2. The summed E-state index contributed by atoms with van der Waals surface area (Å²) in [4.78, 5) is 24.2. The van der Waals surface area contributed by atoms with Crippen molar-refractivity contribution in [2.45, 2.75) is 52.7 Å². The first-order valence-corrected chi connectivity index (χ1v) is 7.05. The van der Waals surface area contributed by atoms with Gasteiger partial charge in [-0.05, 0) is 38.8 Å². The van der Waals surface area contributed by atoms with Crippen LogP contribution in [0.4, 0.5) is 0 Å². The molecule has 1 heterocycles. The van der Waals surface area contributed by atoms with Crippen molar-refractivity contribution in [1.29, 1.82) is 0 Å². The highest BCUT2D eigenvalue weighted by atomic mass is 16.5. The van der Waals surface area contributed by atoms with Crippen LogP contribution in [-0.2, 0) is 9.53 Å². The molecule has 1 aromatic heterocycles. The van der Waals surface area contributed by atoms with E-state index in [4.69, 9.17) is 9.47 Å². The predicted octanol–water partition coefficient (Wildman–Crippen LogP) is 2.54. The van der Waals surface area contributed by atoms with Gasteiger partial charge in [0, 0.05) is 6.20 Å². The first kappa shape index (κ1) is 16.3. The van der Waals surface area contributed by atoms with Crippen LogP contribution >= 0.6 is 0 Å². The van der Waals surface area contributed by atoms with E-state index in [0.717, 1.165) is 12.8 Å². The molecular formula is C15H23NO4. The predicted molar refractivity (Wildman–Crippen MR) is 77.0 cm³/mol. The molecule has 0 radical (unpaired) electrons. The molecule has 0 N–H and O–H groups in total. The number of carbonyl (C=O) groups excluding carboxylic acids is 1. The van der Waals surface area contributed by atoms with Crippen LogP contribution in [0.3, 0.4) is 0 Å². The SMILES string of the molecule is CCCOc1cccn(C(C)C(=O)OC(C)CC)c1=O. The fraction of sp³-hybridized carbons (Fsp3) is 0.600. The van der Waals surface area contributed by atoms with E-state index in [1.807, 2.05) is 20.8 Å². The lowest BCUT2D eigenvalue weighted by molar-refractivity contribution is -0.152. The van der Waals surface area contributed by atoms with Crippen molar-refractivity contribution in [3.8, 4) is 5.75 Å². The fourth-order valence-corrected chi connectivity index (χ4v) is 1.61. The van der Waals surface area contributed by atoms with E-state index in [9.17, 15) is 9.59 Å². The molecule has 0 aliphatic heterocycles. The Morgan fingerprint density at radius 1 is 1.35 bits per heavy atom. The van der Waals surface area contributed by atoms with Crippen LogP contribution in [0.5, 0.6) is 5.75 Å². The highest BCUT2D eigenvalue weighted by molar-refractivity contribution is 5.74. The number of ether oxygens (including phenoxy) is 2. The van der Waals surface area contributed by atoms with Crippen LogP contribution in [-0.4, -0.2) is 23.2 Å². The summed E-state index contributed by atoms with van der Waals surface area (Å²) in [5.41, 5.74) is -0.311. The van der Waals surface area contributed by atoms with Gasteiger partial charge < -0.3 is 9.47 Å². The van der Waals surface area contributed by atoms with Crippen molar-refractivity contribution in [2.75, 3.05) is 6.61 Å². The van der Waals surface area contributed by atoms with Crippen LogP contribution < -0.4 is 10.3 Å². The maximum Gasteiger partial charge on any atom is 0.329 e. The second-order valence-corrected chi connectivity index (χ2v) is 4.77. The molecule has 20 heavy (non-hydrogen) atoms. The summed E-state index contributed by atoms with van der Waals surface area (Å²) < 4.78 is 12.0. The van der Waals surface area contributed by atoms with E-state index >= 15 is 0 Å². The number of hydrogen-bond acceptors (Lipinski definition) is 4. The Bertz CT molecular complexity index is 495. The summed E-state index contributed by atoms with van der Waals surface area (Å²) in [6.45, 7) is 7.86. The molecule has 0 amide bonds. The van der Waals surface area contributed by atoms with Gasteiger partial charge in [0.25, 0.3) is 5.56 Å². The topological polar surface area (TPSA) is 57.5 Å². The molecule has 0 spiro atoms. The first-order chi connectivity index (χ1) is 9.51. The zero-order valence-electron chi connectivity index (χ0n) is 12.6. The van der Waals surface area contributed by atoms with E-state index in [0.29, 0.717) is 6.61 Å². The van der Waals surface area contributed by atoms with Gasteiger partial charge in [-0.2, -0.15) is 0 Å². The molecule has 0 aliphatic rings. The van der Waals surface area contributed by atoms with Gasteiger partial charge in [0.05, 0.1) is 12.7 Å². The lowest BCUT2D eigenvalue weighted by Gasteiger charge is -2.18. The number of pyridine rings is 1. The highest BCUT2D eigenvalue weighted by Gasteiger charge is 2.20. The summed E-state index contributed by atoms with van der Waals surface area (Å²) >= 11 is 0. The number of rotatable bonds is 7. The third-order valence-corrected chi connectivity index (χ3v) is 3.05. The average Bonchev–Trinajstić information content (AvgIpc) is 2.45. The van der Waals surface area contributed by atoms with Gasteiger partial charge in [0.2, 0.25) is 0 Å². The van der Waals surface area contributed by atoms with Crippen LogP contribution in [0.15, 0.2) is 23.1 Å². The fourth-order valence-electron chi connectivity index (χ4n) is 1.61. The van der Waals surface area contributed by atoms with E-state index < -0.39 is 12.0 Å². The summed E-state index contributed by atoms with van der Waals surface area (Å²) in [6.07, 6.45) is 2.98. The molecule has 0 fully saturated rings. The minimum atomic E-state index is -0.665. The molecule has 0 bridgehead atoms. The first-order valence-electron chi connectivity index (χ1n) is 7.05. The molecule has 2 atom stereocenters. The summed E-state index contributed by atoms with van der Waals surface area (Å²) in [7, 11) is 0. The van der Waals surface area contributed by atoms with Gasteiger partial charge in [-0.25, -0.2) is 4.79 Å². The largest absolute Gasteiger partial charge is 0.488 e. The molecule has 1 rings (SSSR count). The molecule has 2 unspecified atom stereocenters. The van der Waals surface area contributed by atoms with Crippen LogP contribution in [0, 0.1) is 0 Å². The Hall–Kier alpha value is -1.78. The van der Waals surface area contributed by atoms with Crippen LogP contribution in [0.1, 0.15) is 46.6 Å². The van der Waals surface area contributed by atoms with Crippen LogP contribution in [0.25, 0.3) is 0 Å². The van der Waals surface area contributed by atoms with E-state index in [1.165, 1.54) is 4.57 Å². The lowest BCUT2D eigenvalue weighted by atomic mass is 10.3. The maximum atomic E-state index is 12.2. The number of carbonyl (C=O) groups is 1. The third kappa shape index (κ3) is 4.11.